The van der Waals surface area contributed by atoms with Crippen LogP contribution in [0, 0.1) is 0 Å². The summed E-state index contributed by atoms with van der Waals surface area (Å²) in [5.74, 6) is -0.484. The third-order valence-electron chi connectivity index (χ3n) is 2.49. The van der Waals surface area contributed by atoms with Gasteiger partial charge >= 0.3 is 5.97 Å². The van der Waals surface area contributed by atoms with E-state index in [2.05, 4.69) is 26.0 Å². The molecule has 0 spiro atoms. The van der Waals surface area contributed by atoms with Crippen LogP contribution in [0.5, 0.6) is 0 Å². The lowest BCUT2D eigenvalue weighted by atomic mass is 10.2. The number of esters is 1. The highest BCUT2D eigenvalue weighted by Gasteiger charge is 2.19. The number of carbonyl (C=O) groups is 1. The number of aryl methyl sites for hydroxylation is 1. The molecule has 0 aliphatic heterocycles. The van der Waals surface area contributed by atoms with Crippen LogP contribution < -0.4 is 5.56 Å². The summed E-state index contributed by atoms with van der Waals surface area (Å²) in [4.78, 5) is 28.2. The Hall–Kier alpha value is -1.70. The monoisotopic (exact) mass is 342 g/mol. The molecule has 0 fully saturated rings. The average Bonchev–Trinajstić information content (AvgIpc) is 2.56. The lowest BCUT2D eigenvalue weighted by Gasteiger charge is -2.19. The minimum Gasteiger partial charge on any atom is -0.459 e. The maximum Gasteiger partial charge on any atom is 0.326 e. The van der Waals surface area contributed by atoms with Crippen molar-refractivity contribution >= 4 is 32.9 Å². The van der Waals surface area contributed by atoms with Gasteiger partial charge in [0.05, 0.1) is 6.33 Å². The van der Waals surface area contributed by atoms with Crippen molar-refractivity contribution in [2.75, 3.05) is 0 Å². The van der Waals surface area contributed by atoms with Crippen molar-refractivity contribution < 1.29 is 9.53 Å². The number of nitrogens with zero attached hydrogens (tertiary/aromatic N) is 4. The summed E-state index contributed by atoms with van der Waals surface area (Å²) in [6, 6.07) is 0. The van der Waals surface area contributed by atoms with E-state index in [4.69, 9.17) is 4.74 Å². The zero-order valence-electron chi connectivity index (χ0n) is 11.7. The molecule has 0 unspecified atom stereocenters. The van der Waals surface area contributed by atoms with Crippen LogP contribution in [0.1, 0.15) is 20.8 Å². The highest BCUT2D eigenvalue weighted by atomic mass is 79.9. The second-order valence-corrected chi connectivity index (χ2v) is 6.13. The number of ether oxygens (including phenoxy) is 1. The van der Waals surface area contributed by atoms with Crippen molar-refractivity contribution in [1.82, 2.24) is 19.3 Å². The summed E-state index contributed by atoms with van der Waals surface area (Å²) in [5, 5.41) is 4.07. The predicted octanol–water partition coefficient (Wildman–Crippen LogP) is 1.23. The average molecular weight is 343 g/mol. The lowest BCUT2D eigenvalue weighted by molar-refractivity contribution is -0.155. The van der Waals surface area contributed by atoms with Gasteiger partial charge in [0.25, 0.3) is 5.56 Å². The molecule has 0 bridgehead atoms. The molecule has 2 heterocycles. The van der Waals surface area contributed by atoms with Gasteiger partial charge in [0.15, 0.2) is 10.1 Å². The summed E-state index contributed by atoms with van der Waals surface area (Å²) in [5.41, 5.74) is -0.115. The Morgan fingerprint density at radius 2 is 2.10 bits per heavy atom. The second kappa shape index (κ2) is 5.01. The zero-order chi connectivity index (χ0) is 15.1. The predicted molar refractivity (Wildman–Crippen MR) is 76.3 cm³/mol. The van der Waals surface area contributed by atoms with Crippen LogP contribution in [0.3, 0.4) is 0 Å². The maximum atomic E-state index is 12.3. The summed E-state index contributed by atoms with van der Waals surface area (Å²) < 4.78 is 8.33. The van der Waals surface area contributed by atoms with E-state index < -0.39 is 11.6 Å². The van der Waals surface area contributed by atoms with Crippen molar-refractivity contribution in [1.29, 1.82) is 0 Å². The highest BCUT2D eigenvalue weighted by molar-refractivity contribution is 9.10. The zero-order valence-corrected chi connectivity index (χ0v) is 13.3. The van der Waals surface area contributed by atoms with E-state index in [9.17, 15) is 9.59 Å². The first-order valence-electron chi connectivity index (χ1n) is 5.98. The smallest absolute Gasteiger partial charge is 0.326 e. The fourth-order valence-electron chi connectivity index (χ4n) is 1.78. The third-order valence-corrected chi connectivity index (χ3v) is 3.02. The molecule has 0 aromatic carbocycles. The minimum atomic E-state index is -0.590. The molecule has 2 aromatic heterocycles. The fourth-order valence-corrected chi connectivity index (χ4v) is 2.30. The third kappa shape index (κ3) is 2.90. The first-order valence-corrected chi connectivity index (χ1v) is 6.78. The molecule has 108 valence electrons. The first-order chi connectivity index (χ1) is 9.19. The SMILES string of the molecule is Cn1nc(Br)c2ncn(CC(=O)OC(C)(C)C)c(=O)c21. The number of rotatable bonds is 2. The standard InChI is InChI=1S/C12H15BrN4O3/c1-12(2,3)20-7(18)5-17-6-14-8-9(11(17)19)16(4)15-10(8)13/h6H,5H2,1-4H3. The molecule has 0 saturated carbocycles. The van der Waals surface area contributed by atoms with Gasteiger partial charge in [-0.05, 0) is 36.7 Å². The van der Waals surface area contributed by atoms with Crippen molar-refractivity contribution in [3.63, 3.8) is 0 Å². The molecule has 0 saturated heterocycles. The van der Waals surface area contributed by atoms with E-state index in [1.54, 1.807) is 27.8 Å². The fraction of sp³-hybridized carbons (Fsp3) is 0.500. The normalized spacial score (nSPS) is 11.8. The Balaban J connectivity index is 2.37. The van der Waals surface area contributed by atoms with E-state index in [0.717, 1.165) is 0 Å². The van der Waals surface area contributed by atoms with Gasteiger partial charge in [0, 0.05) is 7.05 Å². The topological polar surface area (TPSA) is 79.0 Å². The number of halogens is 1. The number of hydrogen-bond donors (Lipinski definition) is 0. The van der Waals surface area contributed by atoms with Crippen molar-refractivity contribution in [3.8, 4) is 0 Å². The van der Waals surface area contributed by atoms with E-state index in [-0.39, 0.29) is 12.1 Å². The van der Waals surface area contributed by atoms with E-state index >= 15 is 0 Å². The molecule has 0 atom stereocenters. The Bertz CT molecular complexity index is 727. The Morgan fingerprint density at radius 1 is 1.45 bits per heavy atom. The quantitative estimate of drug-likeness (QED) is 0.767. The molecule has 7 nitrogen and oxygen atoms in total. The molecule has 0 aliphatic carbocycles. The Morgan fingerprint density at radius 3 is 2.70 bits per heavy atom. The molecular weight excluding hydrogens is 328 g/mol. The Labute approximate surface area is 123 Å². The molecule has 20 heavy (non-hydrogen) atoms. The summed E-state index contributed by atoms with van der Waals surface area (Å²) in [6.07, 6.45) is 1.32. The first kappa shape index (κ1) is 14.7. The van der Waals surface area contributed by atoms with Gasteiger partial charge in [-0.15, -0.1) is 0 Å². The molecular formula is C12H15BrN4O3. The Kier molecular flexibility index (Phi) is 3.68. The van der Waals surface area contributed by atoms with Crippen LogP contribution >= 0.6 is 15.9 Å². The molecule has 0 N–H and O–H groups in total. The molecule has 0 aliphatic rings. The summed E-state index contributed by atoms with van der Waals surface area (Å²) in [6.45, 7) is 5.13. The molecule has 0 radical (unpaired) electrons. The molecule has 8 heteroatoms. The van der Waals surface area contributed by atoms with Gasteiger partial charge in [0.1, 0.15) is 17.7 Å². The van der Waals surface area contributed by atoms with Crippen molar-refractivity contribution in [2.45, 2.75) is 32.9 Å². The van der Waals surface area contributed by atoms with Crippen molar-refractivity contribution in [3.05, 3.63) is 21.3 Å². The number of hydrogen-bond acceptors (Lipinski definition) is 5. The second-order valence-electron chi connectivity index (χ2n) is 5.38. The molecule has 0 amide bonds. The van der Waals surface area contributed by atoms with Crippen LogP contribution in [0.25, 0.3) is 11.0 Å². The van der Waals surface area contributed by atoms with E-state index in [1.165, 1.54) is 15.6 Å². The van der Waals surface area contributed by atoms with Gasteiger partial charge in [-0.1, -0.05) is 0 Å². The van der Waals surface area contributed by atoms with Gasteiger partial charge in [-0.3, -0.25) is 18.8 Å². The maximum absolute atomic E-state index is 12.3. The van der Waals surface area contributed by atoms with Crippen LogP contribution in [-0.2, 0) is 23.1 Å². The lowest BCUT2D eigenvalue weighted by Crippen LogP contribution is -2.31. The number of carbonyl (C=O) groups excluding carboxylic acids is 1. The summed E-state index contributed by atoms with van der Waals surface area (Å²) >= 11 is 3.23. The van der Waals surface area contributed by atoms with Crippen LogP contribution in [0.15, 0.2) is 15.7 Å². The van der Waals surface area contributed by atoms with Crippen LogP contribution in [0.4, 0.5) is 0 Å². The van der Waals surface area contributed by atoms with Gasteiger partial charge in [0.2, 0.25) is 0 Å². The largest absolute Gasteiger partial charge is 0.459 e. The van der Waals surface area contributed by atoms with Gasteiger partial charge in [-0.2, -0.15) is 5.10 Å². The van der Waals surface area contributed by atoms with E-state index in [1.807, 2.05) is 0 Å². The van der Waals surface area contributed by atoms with Crippen LogP contribution in [0.2, 0.25) is 0 Å². The molecule has 2 aromatic rings. The summed E-state index contributed by atoms with van der Waals surface area (Å²) in [7, 11) is 1.65. The van der Waals surface area contributed by atoms with Crippen LogP contribution in [-0.4, -0.2) is 30.9 Å². The molecule has 2 rings (SSSR count). The van der Waals surface area contributed by atoms with Crippen molar-refractivity contribution in [2.24, 2.45) is 7.05 Å². The van der Waals surface area contributed by atoms with Gasteiger partial charge in [-0.25, -0.2) is 4.98 Å². The highest BCUT2D eigenvalue weighted by Crippen LogP contribution is 2.17. The number of aromatic nitrogens is 4. The minimum absolute atomic E-state index is 0.179. The van der Waals surface area contributed by atoms with Gasteiger partial charge < -0.3 is 4.74 Å². The van der Waals surface area contributed by atoms with E-state index in [0.29, 0.717) is 15.6 Å². The number of fused-ring (bicyclic) bond motifs is 1.